The first-order chi connectivity index (χ1) is 9.36. The molecule has 0 N–H and O–H groups in total. The van der Waals surface area contributed by atoms with Gasteiger partial charge in [0.05, 0.1) is 11.2 Å². The normalized spacial score (nSPS) is 31.7. The molecular formula is C16H30O3P2. The number of hydrogen-bond acceptors (Lipinski definition) is 3. The van der Waals surface area contributed by atoms with Gasteiger partial charge in [0.25, 0.3) is 0 Å². The fourth-order valence-corrected chi connectivity index (χ4v) is 3.47. The smallest absolute Gasteiger partial charge is 0.303 e. The van der Waals surface area contributed by atoms with Gasteiger partial charge in [-0.2, -0.15) is 0 Å². The molecule has 5 atom stereocenters. The van der Waals surface area contributed by atoms with Crippen LogP contribution in [0.1, 0.15) is 48.0 Å². The van der Waals surface area contributed by atoms with Gasteiger partial charge in [-0.15, -0.1) is 18.5 Å². The van der Waals surface area contributed by atoms with Gasteiger partial charge in [0.1, 0.15) is 5.60 Å². The van der Waals surface area contributed by atoms with Gasteiger partial charge in [-0.1, -0.05) is 13.5 Å². The fraction of sp³-hybridized carbons (Fsp3) is 0.812. The van der Waals surface area contributed by atoms with Gasteiger partial charge in [0.15, 0.2) is 0 Å². The molecule has 0 aromatic rings. The summed E-state index contributed by atoms with van der Waals surface area (Å²) in [4.78, 5) is 11.3. The lowest BCUT2D eigenvalue weighted by Crippen LogP contribution is -2.44. The van der Waals surface area contributed by atoms with Gasteiger partial charge in [-0.05, 0) is 52.0 Å². The molecule has 1 aliphatic rings. The molecule has 0 aromatic carbocycles. The minimum absolute atomic E-state index is 0.208. The van der Waals surface area contributed by atoms with Crippen molar-refractivity contribution in [3.05, 3.63) is 12.2 Å². The van der Waals surface area contributed by atoms with Gasteiger partial charge in [0.2, 0.25) is 0 Å². The monoisotopic (exact) mass is 332 g/mol. The maximum Gasteiger partial charge on any atom is 0.303 e. The predicted octanol–water partition coefficient (Wildman–Crippen LogP) is 3.58. The Balaban J connectivity index is 2.92. The van der Waals surface area contributed by atoms with Crippen molar-refractivity contribution in [2.75, 3.05) is 12.3 Å². The molecule has 122 valence electrons. The Morgan fingerprint density at radius 3 is 2.14 bits per heavy atom. The van der Waals surface area contributed by atoms with Crippen LogP contribution < -0.4 is 0 Å². The molecule has 3 nitrogen and oxygen atoms in total. The minimum Gasteiger partial charge on any atom is -0.454 e. The maximum atomic E-state index is 11.3. The molecule has 1 aliphatic carbocycles. The molecule has 0 spiro atoms. The van der Waals surface area contributed by atoms with Gasteiger partial charge >= 0.3 is 5.97 Å². The van der Waals surface area contributed by atoms with Crippen LogP contribution in [0.25, 0.3) is 0 Å². The molecule has 0 aliphatic heterocycles. The molecule has 1 saturated carbocycles. The van der Waals surface area contributed by atoms with E-state index in [1.165, 1.54) is 6.92 Å². The molecule has 0 saturated heterocycles. The highest BCUT2D eigenvalue weighted by Gasteiger charge is 2.70. The molecule has 0 heterocycles. The Hall–Kier alpha value is 0.0300. The molecule has 0 bridgehead atoms. The van der Waals surface area contributed by atoms with Crippen LogP contribution in [0.2, 0.25) is 0 Å². The SMILES string of the molecule is C=C1C(C)(CC(C)(CP)OC(C)(C)CP)C1(C)OC(C)=O. The van der Waals surface area contributed by atoms with E-state index in [0.29, 0.717) is 0 Å². The molecule has 5 heteroatoms. The summed E-state index contributed by atoms with van der Waals surface area (Å²) in [5, 5.41) is 0. The second-order valence-electron chi connectivity index (χ2n) is 7.33. The summed E-state index contributed by atoms with van der Waals surface area (Å²) in [6, 6.07) is 0. The second-order valence-corrected chi connectivity index (χ2v) is 8.15. The topological polar surface area (TPSA) is 35.5 Å². The lowest BCUT2D eigenvalue weighted by molar-refractivity contribution is -0.153. The van der Waals surface area contributed by atoms with E-state index in [0.717, 1.165) is 24.3 Å². The van der Waals surface area contributed by atoms with Gasteiger partial charge < -0.3 is 9.47 Å². The third-order valence-electron chi connectivity index (χ3n) is 4.75. The third kappa shape index (κ3) is 3.69. The first-order valence-corrected chi connectivity index (χ1v) is 8.99. The van der Waals surface area contributed by atoms with Crippen molar-refractivity contribution >= 4 is 24.4 Å². The summed E-state index contributed by atoms with van der Waals surface area (Å²) in [7, 11) is 5.51. The van der Waals surface area contributed by atoms with Gasteiger partial charge in [-0.3, -0.25) is 4.79 Å². The van der Waals surface area contributed by atoms with E-state index in [9.17, 15) is 4.79 Å². The zero-order valence-corrected chi connectivity index (χ0v) is 16.5. The minimum atomic E-state index is -0.575. The summed E-state index contributed by atoms with van der Waals surface area (Å²) < 4.78 is 11.9. The van der Waals surface area contributed by atoms with E-state index in [4.69, 9.17) is 9.47 Å². The largest absolute Gasteiger partial charge is 0.454 e. The highest BCUT2D eigenvalue weighted by atomic mass is 31.0. The van der Waals surface area contributed by atoms with E-state index in [1.807, 2.05) is 6.92 Å². The van der Waals surface area contributed by atoms with Crippen LogP contribution in [0.15, 0.2) is 12.2 Å². The van der Waals surface area contributed by atoms with E-state index in [1.54, 1.807) is 0 Å². The lowest BCUT2D eigenvalue weighted by Gasteiger charge is -2.39. The molecule has 1 fully saturated rings. The maximum absolute atomic E-state index is 11.3. The molecule has 0 amide bonds. The number of carbonyl (C=O) groups excluding carboxylic acids is 1. The van der Waals surface area contributed by atoms with Crippen molar-refractivity contribution in [3.8, 4) is 0 Å². The first kappa shape index (κ1) is 19.1. The highest BCUT2D eigenvalue weighted by molar-refractivity contribution is 7.16. The molecule has 21 heavy (non-hydrogen) atoms. The summed E-state index contributed by atoms with van der Waals surface area (Å²) in [6.07, 6.45) is 2.46. The van der Waals surface area contributed by atoms with Crippen molar-refractivity contribution in [2.45, 2.75) is 64.8 Å². The Labute approximate surface area is 134 Å². The van der Waals surface area contributed by atoms with Crippen LogP contribution in [0.3, 0.4) is 0 Å². The van der Waals surface area contributed by atoms with Crippen LogP contribution in [0, 0.1) is 5.41 Å². The average Bonchev–Trinajstić information content (AvgIpc) is 2.72. The molecule has 0 aromatic heterocycles. The van der Waals surface area contributed by atoms with E-state index < -0.39 is 5.60 Å². The zero-order valence-electron chi connectivity index (χ0n) is 14.2. The van der Waals surface area contributed by atoms with Gasteiger partial charge in [0, 0.05) is 12.3 Å². The second kappa shape index (κ2) is 5.91. The Bertz CT molecular complexity index is 449. The van der Waals surface area contributed by atoms with Crippen molar-refractivity contribution in [2.24, 2.45) is 5.41 Å². The summed E-state index contributed by atoms with van der Waals surface area (Å²) in [6.45, 7) is 15.9. The van der Waals surface area contributed by atoms with Crippen LogP contribution >= 0.6 is 18.5 Å². The fourth-order valence-electron chi connectivity index (χ4n) is 3.16. The van der Waals surface area contributed by atoms with E-state index in [-0.39, 0.29) is 22.6 Å². The number of rotatable bonds is 7. The van der Waals surface area contributed by atoms with Gasteiger partial charge in [-0.25, -0.2) is 0 Å². The third-order valence-corrected chi connectivity index (χ3v) is 6.60. The van der Waals surface area contributed by atoms with E-state index >= 15 is 0 Å². The van der Waals surface area contributed by atoms with Crippen LogP contribution in [0.5, 0.6) is 0 Å². The lowest BCUT2D eigenvalue weighted by atomic mass is 9.88. The van der Waals surface area contributed by atoms with Crippen molar-refractivity contribution in [1.82, 2.24) is 0 Å². The number of ether oxygens (including phenoxy) is 2. The average molecular weight is 332 g/mol. The van der Waals surface area contributed by atoms with Crippen molar-refractivity contribution in [1.29, 1.82) is 0 Å². The summed E-state index contributed by atoms with van der Waals surface area (Å²) >= 11 is 0. The van der Waals surface area contributed by atoms with Crippen LogP contribution in [-0.4, -0.2) is 35.1 Å². The quantitative estimate of drug-likeness (QED) is 0.406. The molecule has 0 radical (unpaired) electrons. The number of hydrogen-bond donors (Lipinski definition) is 0. The first-order valence-electron chi connectivity index (χ1n) is 7.35. The molecule has 5 unspecified atom stereocenters. The van der Waals surface area contributed by atoms with Crippen molar-refractivity contribution < 1.29 is 14.3 Å². The summed E-state index contributed by atoms with van der Waals surface area (Å²) in [5.41, 5.74) is -0.349. The molecular weight excluding hydrogens is 302 g/mol. The zero-order chi connectivity index (χ0) is 16.7. The van der Waals surface area contributed by atoms with Crippen molar-refractivity contribution in [3.63, 3.8) is 0 Å². The van der Waals surface area contributed by atoms with Crippen LogP contribution in [-0.2, 0) is 14.3 Å². The standard InChI is InChI=1S/C16H30O3P2/c1-11-15(6,16(11,7)18-12(2)17)8-14(5,10-21)19-13(3,4)9-20/h1,8-10,20-21H2,2-7H3. The summed E-state index contributed by atoms with van der Waals surface area (Å²) in [5.74, 6) is -0.263. The highest BCUT2D eigenvalue weighted by Crippen LogP contribution is 2.66. The number of esters is 1. The van der Waals surface area contributed by atoms with E-state index in [2.05, 4.69) is 52.8 Å². The predicted molar refractivity (Wildman–Crippen MR) is 94.8 cm³/mol. The Morgan fingerprint density at radius 1 is 1.24 bits per heavy atom. The Kier molecular flexibility index (Phi) is 5.37. The Morgan fingerprint density at radius 2 is 1.76 bits per heavy atom. The van der Waals surface area contributed by atoms with Crippen LogP contribution in [0.4, 0.5) is 0 Å². The number of carbonyl (C=O) groups is 1. The molecule has 1 rings (SSSR count).